The number of sulfonamides is 1. The molecule has 2 rings (SSSR count). The van der Waals surface area contributed by atoms with E-state index in [0.29, 0.717) is 37.6 Å². The number of benzene rings is 1. The third kappa shape index (κ3) is 3.95. The first kappa shape index (κ1) is 13.3. The van der Waals surface area contributed by atoms with Crippen molar-refractivity contribution < 1.29 is 13.2 Å². The second kappa shape index (κ2) is 5.66. The number of hydrogen-bond donors (Lipinski definition) is 2. The topological polar surface area (TPSA) is 84.7 Å². The summed E-state index contributed by atoms with van der Waals surface area (Å²) in [5.74, 6) is -0.0510. The first-order valence-corrected chi connectivity index (χ1v) is 7.38. The Labute approximate surface area is 107 Å². The highest BCUT2D eigenvalue weighted by molar-refractivity contribution is 7.88. The van der Waals surface area contributed by atoms with Gasteiger partial charge in [0.1, 0.15) is 0 Å². The maximum atomic E-state index is 11.9. The maximum absolute atomic E-state index is 11.9. The Morgan fingerprint density at radius 2 is 1.83 bits per heavy atom. The summed E-state index contributed by atoms with van der Waals surface area (Å²) >= 11 is 0. The van der Waals surface area contributed by atoms with E-state index in [9.17, 15) is 8.42 Å². The number of hydrazine groups is 1. The molecule has 0 aromatic heterocycles. The number of rotatable bonds is 4. The molecule has 0 bridgehead atoms. The van der Waals surface area contributed by atoms with E-state index in [0.717, 1.165) is 0 Å². The summed E-state index contributed by atoms with van der Waals surface area (Å²) in [4.78, 5) is 2.55. The number of anilines is 1. The van der Waals surface area contributed by atoms with Crippen LogP contribution in [0.1, 0.15) is 5.56 Å². The summed E-state index contributed by atoms with van der Waals surface area (Å²) in [6, 6.07) is 6.82. The molecule has 0 amide bonds. The second-order valence-electron chi connectivity index (χ2n) is 4.19. The number of ether oxygens (including phenoxy) is 1. The van der Waals surface area contributed by atoms with Gasteiger partial charge in [0.15, 0.2) is 0 Å². The van der Waals surface area contributed by atoms with Crippen molar-refractivity contribution in [3.05, 3.63) is 29.8 Å². The normalized spacial score (nSPS) is 17.8. The zero-order valence-corrected chi connectivity index (χ0v) is 10.8. The average molecular weight is 271 g/mol. The predicted octanol–water partition coefficient (Wildman–Crippen LogP) is -0.0646. The molecule has 1 aromatic rings. The Morgan fingerprint density at radius 1 is 1.22 bits per heavy atom. The minimum absolute atomic E-state index is 0.0510. The Bertz CT molecular complexity index is 481. The van der Waals surface area contributed by atoms with E-state index >= 15 is 0 Å². The van der Waals surface area contributed by atoms with Gasteiger partial charge in [0.05, 0.1) is 19.0 Å². The molecule has 1 heterocycles. The highest BCUT2D eigenvalue weighted by atomic mass is 32.2. The van der Waals surface area contributed by atoms with Gasteiger partial charge >= 0.3 is 0 Å². The second-order valence-corrected chi connectivity index (χ2v) is 5.89. The highest BCUT2D eigenvalue weighted by Crippen LogP contribution is 2.09. The summed E-state index contributed by atoms with van der Waals surface area (Å²) < 4.78 is 29.0. The van der Waals surface area contributed by atoms with Gasteiger partial charge in [-0.05, 0) is 17.7 Å². The lowest BCUT2D eigenvalue weighted by atomic mass is 10.2. The summed E-state index contributed by atoms with van der Waals surface area (Å²) in [6.07, 6.45) is 0. The molecular formula is C11H17N3O3S. The third-order valence-electron chi connectivity index (χ3n) is 2.62. The fourth-order valence-corrected chi connectivity index (χ4v) is 2.99. The van der Waals surface area contributed by atoms with Crippen LogP contribution in [0.15, 0.2) is 24.3 Å². The van der Waals surface area contributed by atoms with Gasteiger partial charge in [-0.3, -0.25) is 0 Å². The molecule has 0 unspecified atom stereocenters. The summed E-state index contributed by atoms with van der Waals surface area (Å²) in [5.41, 5.74) is 6.89. The molecule has 0 aliphatic carbocycles. The number of morpholine rings is 1. The number of nitrogens with zero attached hydrogens (tertiary/aromatic N) is 1. The van der Waals surface area contributed by atoms with Crippen LogP contribution in [0.3, 0.4) is 0 Å². The largest absolute Gasteiger partial charge is 0.399 e. The lowest BCUT2D eigenvalue weighted by Gasteiger charge is -2.26. The van der Waals surface area contributed by atoms with Gasteiger partial charge in [-0.25, -0.2) is 13.4 Å². The molecule has 7 heteroatoms. The lowest BCUT2D eigenvalue weighted by molar-refractivity contribution is 0.0272. The molecule has 3 N–H and O–H groups in total. The minimum Gasteiger partial charge on any atom is -0.399 e. The lowest BCUT2D eigenvalue weighted by Crippen LogP contribution is -2.48. The van der Waals surface area contributed by atoms with Crippen LogP contribution >= 0.6 is 0 Å². The SMILES string of the molecule is Nc1ccc(CS(=O)(=O)NN2CCOCC2)cc1. The summed E-state index contributed by atoms with van der Waals surface area (Å²) in [6.45, 7) is 2.23. The zero-order chi connectivity index (χ0) is 13.0. The quantitative estimate of drug-likeness (QED) is 0.749. The summed E-state index contributed by atoms with van der Waals surface area (Å²) in [5, 5.41) is 1.66. The van der Waals surface area contributed by atoms with E-state index in [-0.39, 0.29) is 5.75 Å². The molecule has 1 aliphatic heterocycles. The molecule has 0 atom stereocenters. The molecule has 1 saturated heterocycles. The van der Waals surface area contributed by atoms with Crippen LogP contribution in [0.2, 0.25) is 0 Å². The van der Waals surface area contributed by atoms with Gasteiger partial charge < -0.3 is 10.5 Å². The molecule has 0 radical (unpaired) electrons. The van der Waals surface area contributed by atoms with Crippen LogP contribution in [0.4, 0.5) is 5.69 Å². The predicted molar refractivity (Wildman–Crippen MR) is 69.0 cm³/mol. The first-order valence-electron chi connectivity index (χ1n) is 5.72. The van der Waals surface area contributed by atoms with Crippen molar-refractivity contribution in [2.45, 2.75) is 5.75 Å². The van der Waals surface area contributed by atoms with Crippen LogP contribution in [0.25, 0.3) is 0 Å². The Kier molecular flexibility index (Phi) is 4.18. The maximum Gasteiger partial charge on any atom is 0.228 e. The Balaban J connectivity index is 1.96. The summed E-state index contributed by atoms with van der Waals surface area (Å²) in [7, 11) is -3.37. The minimum atomic E-state index is -3.37. The molecule has 1 fully saturated rings. The molecular weight excluding hydrogens is 254 g/mol. The molecule has 1 aromatic carbocycles. The van der Waals surface area contributed by atoms with Gasteiger partial charge in [-0.2, -0.15) is 0 Å². The molecule has 100 valence electrons. The number of nitrogens with one attached hydrogen (secondary N) is 1. The van der Waals surface area contributed by atoms with Gasteiger partial charge in [-0.1, -0.05) is 12.1 Å². The van der Waals surface area contributed by atoms with Crippen molar-refractivity contribution in [1.29, 1.82) is 0 Å². The number of nitrogens with two attached hydrogens (primary N) is 1. The van der Waals surface area contributed by atoms with E-state index < -0.39 is 10.0 Å². The molecule has 0 spiro atoms. The fourth-order valence-electron chi connectivity index (χ4n) is 1.72. The van der Waals surface area contributed by atoms with E-state index in [2.05, 4.69) is 4.83 Å². The standard InChI is InChI=1S/C11H17N3O3S/c12-11-3-1-10(2-4-11)9-18(15,16)13-14-5-7-17-8-6-14/h1-4,13H,5-9,12H2. The zero-order valence-electron chi connectivity index (χ0n) is 10.0. The Morgan fingerprint density at radius 3 is 2.44 bits per heavy atom. The third-order valence-corrected chi connectivity index (χ3v) is 3.87. The highest BCUT2D eigenvalue weighted by Gasteiger charge is 2.18. The van der Waals surface area contributed by atoms with E-state index in [4.69, 9.17) is 10.5 Å². The van der Waals surface area contributed by atoms with Crippen molar-refractivity contribution in [3.8, 4) is 0 Å². The van der Waals surface area contributed by atoms with Crippen molar-refractivity contribution in [2.75, 3.05) is 32.0 Å². The van der Waals surface area contributed by atoms with Crippen molar-refractivity contribution in [3.63, 3.8) is 0 Å². The van der Waals surface area contributed by atoms with Gasteiger partial charge in [0.25, 0.3) is 0 Å². The van der Waals surface area contributed by atoms with Crippen LogP contribution in [-0.2, 0) is 20.5 Å². The molecule has 0 saturated carbocycles. The van der Waals surface area contributed by atoms with Crippen LogP contribution < -0.4 is 10.6 Å². The van der Waals surface area contributed by atoms with Gasteiger partial charge in [0, 0.05) is 18.8 Å². The van der Waals surface area contributed by atoms with E-state index in [1.165, 1.54) is 0 Å². The molecule has 1 aliphatic rings. The van der Waals surface area contributed by atoms with Crippen LogP contribution in [0.5, 0.6) is 0 Å². The fraction of sp³-hybridized carbons (Fsp3) is 0.455. The monoisotopic (exact) mass is 271 g/mol. The van der Waals surface area contributed by atoms with Gasteiger partial charge in [-0.15, -0.1) is 4.83 Å². The van der Waals surface area contributed by atoms with E-state index in [1.807, 2.05) is 0 Å². The molecule has 18 heavy (non-hydrogen) atoms. The van der Waals surface area contributed by atoms with E-state index in [1.54, 1.807) is 29.3 Å². The Hall–Kier alpha value is -1.15. The van der Waals surface area contributed by atoms with Crippen LogP contribution in [-0.4, -0.2) is 39.7 Å². The van der Waals surface area contributed by atoms with Crippen LogP contribution in [0, 0.1) is 0 Å². The first-order chi connectivity index (χ1) is 8.55. The van der Waals surface area contributed by atoms with Gasteiger partial charge in [0.2, 0.25) is 10.0 Å². The number of hydrogen-bond acceptors (Lipinski definition) is 5. The average Bonchev–Trinajstić information content (AvgIpc) is 2.32. The van der Waals surface area contributed by atoms with Crippen molar-refractivity contribution >= 4 is 15.7 Å². The smallest absolute Gasteiger partial charge is 0.228 e. The van der Waals surface area contributed by atoms with Crippen molar-refractivity contribution in [1.82, 2.24) is 9.84 Å². The number of nitrogen functional groups attached to an aromatic ring is 1. The molecule has 6 nitrogen and oxygen atoms in total. The van der Waals surface area contributed by atoms with Crippen molar-refractivity contribution in [2.24, 2.45) is 0 Å².